The van der Waals surface area contributed by atoms with E-state index >= 15 is 0 Å². The van der Waals surface area contributed by atoms with E-state index in [0.717, 1.165) is 6.07 Å². The number of halogens is 4. The molecule has 0 bridgehead atoms. The van der Waals surface area contributed by atoms with Crippen LogP contribution in [0.15, 0.2) is 18.2 Å². The van der Waals surface area contributed by atoms with E-state index in [9.17, 15) is 17.6 Å². The molecule has 15 heavy (non-hydrogen) atoms. The molecule has 0 aromatic heterocycles. The Morgan fingerprint density at radius 2 is 2.00 bits per heavy atom. The Morgan fingerprint density at radius 3 is 2.53 bits per heavy atom. The Hall–Kier alpha value is -1.77. The van der Waals surface area contributed by atoms with Crippen LogP contribution in [0.1, 0.15) is 5.56 Å². The van der Waals surface area contributed by atoms with E-state index in [1.165, 1.54) is 12.1 Å². The number of ether oxygens (including phenoxy) is 1. The fraction of sp³-hybridized carbons (Fsp3) is 0.222. The molecule has 0 aliphatic rings. The minimum Gasteiger partial charge on any atom is -0.402 e. The van der Waals surface area contributed by atoms with Crippen molar-refractivity contribution in [1.82, 2.24) is 0 Å². The van der Waals surface area contributed by atoms with Gasteiger partial charge in [-0.05, 0) is 6.07 Å². The first-order valence-electron chi connectivity index (χ1n) is 3.84. The minimum absolute atomic E-state index is 0.130. The smallest absolute Gasteiger partial charge is 0.402 e. The molecule has 2 nitrogen and oxygen atoms in total. The molecular formula is C9H5F4NO. The first kappa shape index (κ1) is 11.3. The predicted molar refractivity (Wildman–Crippen MR) is 42.4 cm³/mol. The van der Waals surface area contributed by atoms with Gasteiger partial charge in [-0.2, -0.15) is 5.26 Å². The van der Waals surface area contributed by atoms with Gasteiger partial charge in [-0.15, -0.1) is 13.2 Å². The molecule has 0 spiro atoms. The molecule has 1 aromatic carbocycles. The van der Waals surface area contributed by atoms with Crippen LogP contribution in [0.4, 0.5) is 17.6 Å². The van der Waals surface area contributed by atoms with E-state index in [2.05, 4.69) is 4.74 Å². The van der Waals surface area contributed by atoms with Gasteiger partial charge in [0, 0.05) is 5.56 Å². The lowest BCUT2D eigenvalue weighted by Crippen LogP contribution is -2.19. The summed E-state index contributed by atoms with van der Waals surface area (Å²) >= 11 is 0. The zero-order chi connectivity index (χ0) is 11.5. The number of rotatable bonds is 2. The molecule has 80 valence electrons. The lowest BCUT2D eigenvalue weighted by molar-refractivity contribution is -0.275. The number of nitriles is 1. The average molecular weight is 219 g/mol. The van der Waals surface area contributed by atoms with E-state index in [1.54, 1.807) is 6.07 Å². The minimum atomic E-state index is -4.97. The maximum absolute atomic E-state index is 13.0. The molecule has 0 aliphatic carbocycles. The van der Waals surface area contributed by atoms with Gasteiger partial charge >= 0.3 is 6.36 Å². The van der Waals surface area contributed by atoms with Gasteiger partial charge in [0.15, 0.2) is 11.6 Å². The van der Waals surface area contributed by atoms with E-state index in [1.807, 2.05) is 0 Å². The molecule has 0 aliphatic heterocycles. The summed E-state index contributed by atoms with van der Waals surface area (Å²) in [5, 5.41) is 8.32. The Bertz CT molecular complexity index is 394. The van der Waals surface area contributed by atoms with Crippen molar-refractivity contribution in [3.05, 3.63) is 29.6 Å². The molecule has 0 atom stereocenters. The maximum atomic E-state index is 13.0. The lowest BCUT2D eigenvalue weighted by atomic mass is 10.1. The number of nitrogens with zero attached hydrogens (tertiary/aromatic N) is 1. The molecular weight excluding hydrogens is 214 g/mol. The zero-order valence-electron chi connectivity index (χ0n) is 7.31. The number of hydrogen-bond acceptors (Lipinski definition) is 2. The third kappa shape index (κ3) is 3.13. The molecule has 0 N–H and O–H groups in total. The van der Waals surface area contributed by atoms with Crippen LogP contribution in [-0.4, -0.2) is 6.36 Å². The molecule has 0 amide bonds. The fourth-order valence-corrected chi connectivity index (χ4v) is 1.01. The van der Waals surface area contributed by atoms with Crippen LogP contribution >= 0.6 is 0 Å². The van der Waals surface area contributed by atoms with Gasteiger partial charge in [-0.1, -0.05) is 12.1 Å². The van der Waals surface area contributed by atoms with E-state index < -0.39 is 17.9 Å². The van der Waals surface area contributed by atoms with Crippen molar-refractivity contribution in [2.24, 2.45) is 0 Å². The van der Waals surface area contributed by atoms with Crippen LogP contribution in [0.3, 0.4) is 0 Å². The van der Waals surface area contributed by atoms with Crippen LogP contribution < -0.4 is 4.74 Å². The van der Waals surface area contributed by atoms with E-state index in [-0.39, 0.29) is 12.0 Å². The third-order valence-corrected chi connectivity index (χ3v) is 1.54. The van der Waals surface area contributed by atoms with Gasteiger partial charge in [0.05, 0.1) is 12.5 Å². The van der Waals surface area contributed by atoms with Gasteiger partial charge in [0.25, 0.3) is 0 Å². The van der Waals surface area contributed by atoms with Crippen LogP contribution in [0, 0.1) is 17.1 Å². The summed E-state index contributed by atoms with van der Waals surface area (Å²) in [5.74, 6) is -2.08. The van der Waals surface area contributed by atoms with Crippen molar-refractivity contribution >= 4 is 0 Å². The second-order valence-electron chi connectivity index (χ2n) is 2.61. The molecule has 6 heteroatoms. The number of benzene rings is 1. The van der Waals surface area contributed by atoms with Crippen molar-refractivity contribution in [3.8, 4) is 11.8 Å². The number of hydrogen-bond donors (Lipinski definition) is 0. The summed E-state index contributed by atoms with van der Waals surface area (Å²) in [6, 6.07) is 4.87. The predicted octanol–water partition coefficient (Wildman–Crippen LogP) is 2.79. The molecule has 0 saturated heterocycles. The SMILES string of the molecule is N#CCc1cccc(F)c1OC(F)(F)F. The van der Waals surface area contributed by atoms with Crippen molar-refractivity contribution in [3.63, 3.8) is 0 Å². The highest BCUT2D eigenvalue weighted by atomic mass is 19.4. The van der Waals surface area contributed by atoms with Gasteiger partial charge in [0.2, 0.25) is 0 Å². The van der Waals surface area contributed by atoms with Gasteiger partial charge in [0.1, 0.15) is 0 Å². The Balaban J connectivity index is 3.09. The monoisotopic (exact) mass is 219 g/mol. The van der Waals surface area contributed by atoms with Crippen LogP contribution in [0.25, 0.3) is 0 Å². The van der Waals surface area contributed by atoms with E-state index in [0.29, 0.717) is 0 Å². The molecule has 1 aromatic rings. The Kier molecular flexibility index (Phi) is 3.14. The topological polar surface area (TPSA) is 33.0 Å². The molecule has 1 rings (SSSR count). The van der Waals surface area contributed by atoms with E-state index in [4.69, 9.17) is 5.26 Å². The van der Waals surface area contributed by atoms with Crippen molar-refractivity contribution in [2.75, 3.05) is 0 Å². The largest absolute Gasteiger partial charge is 0.573 e. The lowest BCUT2D eigenvalue weighted by Gasteiger charge is -2.12. The summed E-state index contributed by atoms with van der Waals surface area (Å²) in [4.78, 5) is 0. The van der Waals surface area contributed by atoms with Crippen molar-refractivity contribution < 1.29 is 22.3 Å². The van der Waals surface area contributed by atoms with Gasteiger partial charge < -0.3 is 4.74 Å². The summed E-state index contributed by atoms with van der Waals surface area (Å²) < 4.78 is 52.1. The number of alkyl halides is 3. The summed E-state index contributed by atoms with van der Waals surface area (Å²) in [6.45, 7) is 0. The third-order valence-electron chi connectivity index (χ3n) is 1.54. The van der Waals surface area contributed by atoms with Crippen LogP contribution in [0.2, 0.25) is 0 Å². The van der Waals surface area contributed by atoms with Crippen molar-refractivity contribution in [2.45, 2.75) is 12.8 Å². The highest BCUT2D eigenvalue weighted by molar-refractivity contribution is 5.36. The first-order chi connectivity index (χ1) is 6.94. The number of para-hydroxylation sites is 1. The molecule has 0 radical (unpaired) electrons. The van der Waals surface area contributed by atoms with Gasteiger partial charge in [-0.25, -0.2) is 4.39 Å². The Morgan fingerprint density at radius 1 is 1.33 bits per heavy atom. The fourth-order valence-electron chi connectivity index (χ4n) is 1.01. The van der Waals surface area contributed by atoms with Crippen molar-refractivity contribution in [1.29, 1.82) is 5.26 Å². The normalized spacial score (nSPS) is 10.9. The highest BCUT2D eigenvalue weighted by Gasteiger charge is 2.33. The first-order valence-corrected chi connectivity index (χ1v) is 3.84. The van der Waals surface area contributed by atoms with Crippen LogP contribution in [0.5, 0.6) is 5.75 Å². The summed E-state index contributed by atoms with van der Waals surface area (Å²) in [6.07, 6.45) is -5.31. The molecule has 0 saturated carbocycles. The highest BCUT2D eigenvalue weighted by Crippen LogP contribution is 2.29. The second kappa shape index (κ2) is 4.17. The molecule has 0 unspecified atom stereocenters. The zero-order valence-corrected chi connectivity index (χ0v) is 7.31. The van der Waals surface area contributed by atoms with Crippen LogP contribution in [-0.2, 0) is 6.42 Å². The second-order valence-corrected chi connectivity index (χ2v) is 2.61. The molecule has 0 heterocycles. The van der Waals surface area contributed by atoms with Gasteiger partial charge in [-0.3, -0.25) is 0 Å². The summed E-state index contributed by atoms with van der Waals surface area (Å²) in [7, 11) is 0. The summed E-state index contributed by atoms with van der Waals surface area (Å²) in [5.41, 5.74) is -0.130. The maximum Gasteiger partial charge on any atom is 0.573 e. The standard InChI is InChI=1S/C9H5F4NO/c10-7-3-1-2-6(4-5-14)8(7)15-9(11,12)13/h1-3H,4H2. The molecule has 0 fully saturated rings. The Labute approximate surface area is 82.7 Å². The quantitative estimate of drug-likeness (QED) is 0.716. The average Bonchev–Trinajstić information content (AvgIpc) is 2.10.